The molecule has 2 aromatic rings. The molecule has 0 aromatic heterocycles. The van der Waals surface area contributed by atoms with E-state index in [9.17, 15) is 22.0 Å². The lowest BCUT2D eigenvalue weighted by molar-refractivity contribution is 0.380. The van der Waals surface area contributed by atoms with Crippen LogP contribution in [-0.2, 0) is 6.42 Å². The first-order valence-electron chi connectivity index (χ1n) is 5.89. The molecule has 1 heterocycles. The van der Waals surface area contributed by atoms with Crippen molar-refractivity contribution in [3.05, 3.63) is 58.9 Å². The molecule has 0 saturated heterocycles. The summed E-state index contributed by atoms with van der Waals surface area (Å²) >= 11 is 0. The number of rotatable bonds is 1. The summed E-state index contributed by atoms with van der Waals surface area (Å²) in [7, 11) is 0. The van der Waals surface area contributed by atoms with Crippen LogP contribution in [-0.4, -0.2) is 6.54 Å². The predicted molar refractivity (Wildman–Crippen MR) is 63.4 cm³/mol. The molecule has 1 aliphatic heterocycles. The number of halogens is 5. The number of nitrogens with zero attached hydrogens (tertiary/aromatic N) is 1. The maximum absolute atomic E-state index is 13.8. The Labute approximate surface area is 111 Å². The first-order chi connectivity index (χ1) is 9.52. The molecular formula is C14H8F5N. The average molecular weight is 285 g/mol. The molecule has 0 amide bonds. The van der Waals surface area contributed by atoms with E-state index in [4.69, 9.17) is 0 Å². The molecule has 2 aromatic carbocycles. The molecule has 0 N–H and O–H groups in total. The van der Waals surface area contributed by atoms with Crippen molar-refractivity contribution in [2.24, 2.45) is 0 Å². The van der Waals surface area contributed by atoms with Crippen molar-refractivity contribution >= 4 is 11.4 Å². The minimum Gasteiger partial charge on any atom is -0.336 e. The van der Waals surface area contributed by atoms with Gasteiger partial charge in [-0.15, -0.1) is 0 Å². The standard InChI is InChI=1S/C14H8F5N/c15-9-10(16)12(18)14(13(19)11(9)17)20-6-5-7-3-1-2-4-8(7)20/h1-4H,5-6H2. The number of hydrogen-bond acceptors (Lipinski definition) is 1. The summed E-state index contributed by atoms with van der Waals surface area (Å²) in [5.41, 5.74) is 0.360. The summed E-state index contributed by atoms with van der Waals surface area (Å²) in [5, 5.41) is 0. The van der Waals surface area contributed by atoms with E-state index in [1.807, 2.05) is 0 Å². The molecule has 1 nitrogen and oxygen atoms in total. The molecule has 6 heteroatoms. The maximum atomic E-state index is 13.8. The van der Waals surface area contributed by atoms with Crippen LogP contribution in [0.4, 0.5) is 33.3 Å². The second-order valence-corrected chi connectivity index (χ2v) is 4.45. The van der Waals surface area contributed by atoms with Crippen molar-refractivity contribution in [1.29, 1.82) is 0 Å². The molecule has 0 fully saturated rings. The Morgan fingerprint density at radius 3 is 1.95 bits per heavy atom. The molecule has 0 aliphatic carbocycles. The number of fused-ring (bicyclic) bond motifs is 1. The summed E-state index contributed by atoms with van der Waals surface area (Å²) in [5.74, 6) is -9.61. The van der Waals surface area contributed by atoms with Gasteiger partial charge in [0.1, 0.15) is 5.69 Å². The van der Waals surface area contributed by atoms with Crippen molar-refractivity contribution < 1.29 is 22.0 Å². The van der Waals surface area contributed by atoms with Crippen LogP contribution in [0.2, 0.25) is 0 Å². The van der Waals surface area contributed by atoms with Gasteiger partial charge in [-0.3, -0.25) is 0 Å². The van der Waals surface area contributed by atoms with Crippen LogP contribution in [0.3, 0.4) is 0 Å². The van der Waals surface area contributed by atoms with E-state index in [0.717, 1.165) is 10.5 Å². The third-order valence-electron chi connectivity index (χ3n) is 3.34. The Balaban J connectivity index is 2.23. The molecule has 0 atom stereocenters. The van der Waals surface area contributed by atoms with Crippen LogP contribution >= 0.6 is 0 Å². The van der Waals surface area contributed by atoms with Crippen LogP contribution in [0.1, 0.15) is 5.56 Å². The fourth-order valence-electron chi connectivity index (χ4n) is 2.40. The van der Waals surface area contributed by atoms with Crippen molar-refractivity contribution in [3.63, 3.8) is 0 Å². The Bertz CT molecular complexity index is 669. The maximum Gasteiger partial charge on any atom is 0.200 e. The summed E-state index contributed by atoms with van der Waals surface area (Å²) < 4.78 is 67.1. The summed E-state index contributed by atoms with van der Waals surface area (Å²) in [6.45, 7) is 0.164. The summed E-state index contributed by atoms with van der Waals surface area (Å²) in [6.07, 6.45) is 0.482. The number of hydrogen-bond donors (Lipinski definition) is 0. The summed E-state index contributed by atoms with van der Waals surface area (Å²) in [4.78, 5) is 1.12. The van der Waals surface area contributed by atoms with E-state index >= 15 is 0 Å². The van der Waals surface area contributed by atoms with Gasteiger partial charge in [-0.05, 0) is 18.1 Å². The molecule has 1 aliphatic rings. The van der Waals surface area contributed by atoms with Gasteiger partial charge < -0.3 is 4.90 Å². The molecule has 20 heavy (non-hydrogen) atoms. The molecule has 0 radical (unpaired) electrons. The summed E-state index contributed by atoms with van der Waals surface area (Å²) in [6, 6.07) is 6.73. The topological polar surface area (TPSA) is 3.24 Å². The quantitative estimate of drug-likeness (QED) is 0.433. The highest BCUT2D eigenvalue weighted by Gasteiger charge is 2.32. The molecular weight excluding hydrogens is 277 g/mol. The fourth-order valence-corrected chi connectivity index (χ4v) is 2.40. The van der Waals surface area contributed by atoms with E-state index in [1.165, 1.54) is 0 Å². The number of para-hydroxylation sites is 1. The third kappa shape index (κ3) is 1.67. The molecule has 0 saturated carbocycles. The van der Waals surface area contributed by atoms with Gasteiger partial charge >= 0.3 is 0 Å². The van der Waals surface area contributed by atoms with Crippen molar-refractivity contribution in [2.75, 3.05) is 11.4 Å². The first kappa shape index (κ1) is 12.9. The largest absolute Gasteiger partial charge is 0.336 e. The average Bonchev–Trinajstić information content (AvgIpc) is 2.87. The van der Waals surface area contributed by atoms with Crippen LogP contribution in [0.25, 0.3) is 0 Å². The molecule has 0 spiro atoms. The van der Waals surface area contributed by atoms with Crippen LogP contribution in [0.5, 0.6) is 0 Å². The van der Waals surface area contributed by atoms with Crippen molar-refractivity contribution in [1.82, 2.24) is 0 Å². The van der Waals surface area contributed by atoms with Gasteiger partial charge in [0.25, 0.3) is 0 Å². The van der Waals surface area contributed by atoms with E-state index in [0.29, 0.717) is 12.1 Å². The first-order valence-corrected chi connectivity index (χ1v) is 5.89. The van der Waals surface area contributed by atoms with Gasteiger partial charge in [0, 0.05) is 12.2 Å². The molecule has 3 rings (SSSR count). The smallest absolute Gasteiger partial charge is 0.200 e. The molecule has 0 bridgehead atoms. The number of benzene rings is 2. The van der Waals surface area contributed by atoms with E-state index in [-0.39, 0.29) is 6.54 Å². The lowest BCUT2D eigenvalue weighted by Gasteiger charge is -2.21. The van der Waals surface area contributed by atoms with Crippen LogP contribution in [0.15, 0.2) is 24.3 Å². The SMILES string of the molecule is Fc1c(F)c(F)c(N2CCc3ccccc32)c(F)c1F. The minimum absolute atomic E-state index is 0.164. The highest BCUT2D eigenvalue weighted by atomic mass is 19.2. The van der Waals surface area contributed by atoms with Crippen LogP contribution < -0.4 is 4.90 Å². The zero-order valence-corrected chi connectivity index (χ0v) is 10.1. The van der Waals surface area contributed by atoms with Gasteiger partial charge in [-0.1, -0.05) is 18.2 Å². The monoisotopic (exact) mass is 285 g/mol. The van der Waals surface area contributed by atoms with Gasteiger partial charge in [-0.25, -0.2) is 22.0 Å². The van der Waals surface area contributed by atoms with E-state index < -0.39 is 34.8 Å². The Hall–Kier alpha value is -2.11. The molecule has 0 unspecified atom stereocenters. The van der Waals surface area contributed by atoms with Crippen molar-refractivity contribution in [2.45, 2.75) is 6.42 Å². The second-order valence-electron chi connectivity index (χ2n) is 4.45. The van der Waals surface area contributed by atoms with E-state index in [1.54, 1.807) is 24.3 Å². The van der Waals surface area contributed by atoms with Gasteiger partial charge in [0.2, 0.25) is 5.82 Å². The zero-order chi connectivity index (χ0) is 14.4. The fraction of sp³-hybridized carbons (Fsp3) is 0.143. The highest BCUT2D eigenvalue weighted by molar-refractivity contribution is 5.70. The predicted octanol–water partition coefficient (Wildman–Crippen LogP) is 4.08. The van der Waals surface area contributed by atoms with E-state index in [2.05, 4.69) is 0 Å². The van der Waals surface area contributed by atoms with Crippen LogP contribution in [0, 0.1) is 29.1 Å². The normalized spacial score (nSPS) is 13.8. The Kier molecular flexibility index (Phi) is 2.88. The lowest BCUT2D eigenvalue weighted by atomic mass is 10.1. The third-order valence-corrected chi connectivity index (χ3v) is 3.34. The van der Waals surface area contributed by atoms with Gasteiger partial charge in [0.05, 0.1) is 0 Å². The lowest BCUT2D eigenvalue weighted by Crippen LogP contribution is -2.19. The van der Waals surface area contributed by atoms with Gasteiger partial charge in [0.15, 0.2) is 23.3 Å². The number of anilines is 2. The Morgan fingerprint density at radius 1 is 0.750 bits per heavy atom. The highest BCUT2D eigenvalue weighted by Crippen LogP contribution is 2.39. The molecule has 104 valence electrons. The Morgan fingerprint density at radius 2 is 1.30 bits per heavy atom. The zero-order valence-electron chi connectivity index (χ0n) is 10.1. The minimum atomic E-state index is -2.14. The van der Waals surface area contributed by atoms with Crippen molar-refractivity contribution in [3.8, 4) is 0 Å². The van der Waals surface area contributed by atoms with Gasteiger partial charge in [-0.2, -0.15) is 0 Å². The second kappa shape index (κ2) is 4.47.